The molecule has 2 amide bonds. The van der Waals surface area contributed by atoms with Crippen LogP contribution in [0.5, 0.6) is 0 Å². The Morgan fingerprint density at radius 1 is 1.38 bits per heavy atom. The van der Waals surface area contributed by atoms with Gasteiger partial charge in [0.25, 0.3) is 0 Å². The number of anilines is 2. The predicted octanol–water partition coefficient (Wildman–Crippen LogP) is 2.52. The SMILES string of the molecule is CC(=O)NC[C@H]1CN(c2ccc(N3CCC(=C(C#N)n4ccnc4)CC3)c(F)c2)C(=O)O1. The standard InChI is InChI=1S/C22H23FN6O3/c1-15(30)26-12-18-13-29(22(31)32-18)17-2-3-20(19(23)10-17)27-7-4-16(5-8-27)21(11-24)28-9-6-25-14-28/h2-3,6,9-10,14,18H,4-5,7-8,12-13H2,1H3,(H,26,30)/t18-/m0/s1. The van der Waals surface area contributed by atoms with Crippen LogP contribution in [0, 0.1) is 17.1 Å². The number of cyclic esters (lactones) is 1. The van der Waals surface area contributed by atoms with E-state index >= 15 is 0 Å². The van der Waals surface area contributed by atoms with E-state index < -0.39 is 18.0 Å². The Labute approximate surface area is 184 Å². The van der Waals surface area contributed by atoms with Gasteiger partial charge in [-0.15, -0.1) is 0 Å². The summed E-state index contributed by atoms with van der Waals surface area (Å²) in [4.78, 5) is 30.5. The van der Waals surface area contributed by atoms with E-state index in [0.29, 0.717) is 43.0 Å². The van der Waals surface area contributed by atoms with Gasteiger partial charge in [0.2, 0.25) is 5.91 Å². The summed E-state index contributed by atoms with van der Waals surface area (Å²) < 4.78 is 21.9. The maximum atomic E-state index is 15.0. The number of amides is 2. The van der Waals surface area contributed by atoms with Crippen molar-refractivity contribution in [3.63, 3.8) is 0 Å². The highest BCUT2D eigenvalue weighted by atomic mass is 19.1. The van der Waals surface area contributed by atoms with Gasteiger partial charge >= 0.3 is 6.09 Å². The van der Waals surface area contributed by atoms with Crippen LogP contribution in [0.15, 0.2) is 42.5 Å². The van der Waals surface area contributed by atoms with Crippen molar-refractivity contribution in [1.29, 1.82) is 5.26 Å². The fourth-order valence-corrected chi connectivity index (χ4v) is 3.98. The lowest BCUT2D eigenvalue weighted by Gasteiger charge is -2.31. The average molecular weight is 438 g/mol. The minimum absolute atomic E-state index is 0.207. The molecule has 1 aromatic carbocycles. The Morgan fingerprint density at radius 2 is 2.16 bits per heavy atom. The molecule has 2 fully saturated rings. The molecule has 166 valence electrons. The number of nitrogens with one attached hydrogen (secondary N) is 1. The maximum absolute atomic E-state index is 15.0. The van der Waals surface area contributed by atoms with Gasteiger partial charge in [0, 0.05) is 32.4 Å². The van der Waals surface area contributed by atoms with Crippen molar-refractivity contribution in [3.8, 4) is 6.07 Å². The molecule has 0 saturated carbocycles. The average Bonchev–Trinajstić information content (AvgIpc) is 3.43. The molecular formula is C22H23FN6O3. The molecule has 0 aliphatic carbocycles. The first-order valence-electron chi connectivity index (χ1n) is 10.3. The van der Waals surface area contributed by atoms with Crippen molar-refractivity contribution in [2.75, 3.05) is 36.0 Å². The zero-order valence-corrected chi connectivity index (χ0v) is 17.6. The van der Waals surface area contributed by atoms with Crippen LogP contribution in [0.3, 0.4) is 0 Å². The Balaban J connectivity index is 1.43. The van der Waals surface area contributed by atoms with Gasteiger partial charge in [0.1, 0.15) is 23.7 Å². The van der Waals surface area contributed by atoms with Gasteiger partial charge in [-0.05, 0) is 36.6 Å². The van der Waals surface area contributed by atoms with E-state index in [1.807, 2.05) is 4.90 Å². The topological polar surface area (TPSA) is 103 Å². The fraction of sp³-hybridized carbons (Fsp3) is 0.364. The molecule has 32 heavy (non-hydrogen) atoms. The number of hydrogen-bond donors (Lipinski definition) is 1. The number of nitrogens with zero attached hydrogens (tertiary/aromatic N) is 5. The minimum Gasteiger partial charge on any atom is -0.442 e. The van der Waals surface area contributed by atoms with Gasteiger partial charge in [0.15, 0.2) is 0 Å². The number of hydrogen-bond acceptors (Lipinski definition) is 6. The second-order valence-corrected chi connectivity index (χ2v) is 7.71. The number of ether oxygens (including phenoxy) is 1. The molecule has 4 rings (SSSR count). The molecule has 3 heterocycles. The first-order chi connectivity index (χ1) is 15.5. The number of rotatable bonds is 5. The molecular weight excluding hydrogens is 415 g/mol. The monoisotopic (exact) mass is 438 g/mol. The Kier molecular flexibility index (Phi) is 6.07. The van der Waals surface area contributed by atoms with Crippen molar-refractivity contribution in [2.45, 2.75) is 25.9 Å². The lowest BCUT2D eigenvalue weighted by atomic mass is 10.0. The van der Waals surface area contributed by atoms with Crippen LogP contribution >= 0.6 is 0 Å². The molecule has 9 nitrogen and oxygen atoms in total. The number of carbonyl (C=O) groups is 2. The predicted molar refractivity (Wildman–Crippen MR) is 115 cm³/mol. The summed E-state index contributed by atoms with van der Waals surface area (Å²) >= 11 is 0. The molecule has 2 aliphatic heterocycles. The van der Waals surface area contributed by atoms with E-state index in [1.165, 1.54) is 17.9 Å². The maximum Gasteiger partial charge on any atom is 0.414 e. The highest BCUT2D eigenvalue weighted by Crippen LogP contribution is 2.31. The second-order valence-electron chi connectivity index (χ2n) is 7.71. The van der Waals surface area contributed by atoms with Crippen LogP contribution in [-0.4, -0.2) is 53.8 Å². The number of carbonyl (C=O) groups excluding carboxylic acids is 2. The summed E-state index contributed by atoms with van der Waals surface area (Å²) in [6, 6.07) is 6.92. The highest BCUT2D eigenvalue weighted by molar-refractivity contribution is 5.90. The zero-order chi connectivity index (χ0) is 22.7. The van der Waals surface area contributed by atoms with Crippen LogP contribution in [0.25, 0.3) is 5.70 Å². The first-order valence-corrected chi connectivity index (χ1v) is 10.3. The van der Waals surface area contributed by atoms with Crippen molar-refractivity contribution >= 4 is 29.1 Å². The van der Waals surface area contributed by atoms with Crippen LogP contribution < -0.4 is 15.1 Å². The highest BCUT2D eigenvalue weighted by Gasteiger charge is 2.33. The van der Waals surface area contributed by atoms with Gasteiger partial charge < -0.3 is 15.0 Å². The molecule has 1 aromatic heterocycles. The molecule has 1 atom stereocenters. The first kappa shape index (κ1) is 21.4. The van der Waals surface area contributed by atoms with E-state index in [9.17, 15) is 19.2 Å². The van der Waals surface area contributed by atoms with Crippen LogP contribution in [0.4, 0.5) is 20.6 Å². The van der Waals surface area contributed by atoms with Crippen LogP contribution in [0.1, 0.15) is 19.8 Å². The third-order valence-corrected chi connectivity index (χ3v) is 5.61. The lowest BCUT2D eigenvalue weighted by molar-refractivity contribution is -0.119. The van der Waals surface area contributed by atoms with E-state index in [0.717, 1.165) is 5.57 Å². The van der Waals surface area contributed by atoms with Gasteiger partial charge in [-0.3, -0.25) is 14.3 Å². The van der Waals surface area contributed by atoms with Gasteiger partial charge in [-0.1, -0.05) is 0 Å². The third kappa shape index (κ3) is 4.42. The molecule has 0 unspecified atom stereocenters. The van der Waals surface area contributed by atoms with Crippen molar-refractivity contribution in [2.24, 2.45) is 0 Å². The molecule has 0 bridgehead atoms. The van der Waals surface area contributed by atoms with E-state index in [2.05, 4.69) is 16.4 Å². The van der Waals surface area contributed by atoms with Gasteiger partial charge in [-0.2, -0.15) is 5.26 Å². The Morgan fingerprint density at radius 3 is 2.78 bits per heavy atom. The number of piperidine rings is 1. The molecule has 10 heteroatoms. The summed E-state index contributed by atoms with van der Waals surface area (Å²) in [5.74, 6) is -0.635. The molecule has 1 N–H and O–H groups in total. The number of allylic oxidation sites excluding steroid dienone is 1. The Hall–Kier alpha value is -3.87. The summed E-state index contributed by atoms with van der Waals surface area (Å²) in [6.45, 7) is 3.00. The Bertz CT molecular complexity index is 1080. The second kappa shape index (κ2) is 9.09. The summed E-state index contributed by atoms with van der Waals surface area (Å²) in [5.41, 5.74) is 2.45. The van der Waals surface area contributed by atoms with E-state index in [4.69, 9.17) is 4.74 Å². The van der Waals surface area contributed by atoms with E-state index in [1.54, 1.807) is 35.4 Å². The fourth-order valence-electron chi connectivity index (χ4n) is 3.98. The number of halogens is 1. The largest absolute Gasteiger partial charge is 0.442 e. The zero-order valence-electron chi connectivity index (χ0n) is 17.6. The molecule has 2 aromatic rings. The summed E-state index contributed by atoms with van der Waals surface area (Å²) in [5, 5.41) is 12.1. The number of imidazole rings is 1. The lowest BCUT2D eigenvalue weighted by Crippen LogP contribution is -2.33. The quantitative estimate of drug-likeness (QED) is 0.720. The summed E-state index contributed by atoms with van der Waals surface area (Å²) in [6.07, 6.45) is 5.20. The smallest absolute Gasteiger partial charge is 0.414 e. The minimum atomic E-state index is -0.566. The molecule has 0 spiro atoms. The molecule has 2 saturated heterocycles. The summed E-state index contributed by atoms with van der Waals surface area (Å²) in [7, 11) is 0. The molecule has 0 radical (unpaired) electrons. The number of nitriles is 1. The van der Waals surface area contributed by atoms with Crippen molar-refractivity contribution in [1.82, 2.24) is 14.9 Å². The third-order valence-electron chi connectivity index (χ3n) is 5.61. The van der Waals surface area contributed by atoms with Crippen LogP contribution in [0.2, 0.25) is 0 Å². The number of benzene rings is 1. The van der Waals surface area contributed by atoms with Gasteiger partial charge in [0.05, 0.1) is 30.8 Å². The van der Waals surface area contributed by atoms with Crippen LogP contribution in [-0.2, 0) is 9.53 Å². The normalized spacial score (nSPS) is 18.3. The molecule has 2 aliphatic rings. The van der Waals surface area contributed by atoms with Gasteiger partial charge in [-0.25, -0.2) is 14.2 Å². The van der Waals surface area contributed by atoms with Crippen molar-refractivity contribution < 1.29 is 18.7 Å². The van der Waals surface area contributed by atoms with Crippen molar-refractivity contribution in [3.05, 3.63) is 48.3 Å². The number of aromatic nitrogens is 2. The van der Waals surface area contributed by atoms with E-state index in [-0.39, 0.29) is 19.0 Å².